The van der Waals surface area contributed by atoms with Crippen LogP contribution in [0.2, 0.25) is 0 Å². The topological polar surface area (TPSA) is 84.3 Å². The Balaban J connectivity index is 2.35. The summed E-state index contributed by atoms with van der Waals surface area (Å²) in [4.78, 5) is 0. The third-order valence-corrected chi connectivity index (χ3v) is 3.08. The van der Waals surface area contributed by atoms with Crippen molar-refractivity contribution >= 4 is 5.70 Å². The minimum absolute atomic E-state index is 0.171. The molecule has 2 rings (SSSR count). The third-order valence-electron chi connectivity index (χ3n) is 3.08. The van der Waals surface area contributed by atoms with E-state index >= 15 is 0 Å². The van der Waals surface area contributed by atoms with Gasteiger partial charge in [0.05, 0.1) is 5.70 Å². The third kappa shape index (κ3) is 3.21. The van der Waals surface area contributed by atoms with Crippen LogP contribution in [0.5, 0.6) is 0 Å². The average Bonchev–Trinajstić information content (AvgIpc) is 2.48. The largest absolute Gasteiger partial charge is 0.506 e. The standard InChI is InChI=1S/C16H16FN3O/c1-10(21)16(20-19)15(18)13-4-2-11(3-5-13)12-6-8-14(17)9-7-12/h2-9,20-21H,1,18-19H2/b16-15-. The number of benzene rings is 2. The Kier molecular flexibility index (Phi) is 4.25. The van der Waals surface area contributed by atoms with Crippen LogP contribution in [0.3, 0.4) is 0 Å². The molecule has 6 N–H and O–H groups in total. The molecule has 4 nitrogen and oxygen atoms in total. The molecule has 0 atom stereocenters. The summed E-state index contributed by atoms with van der Waals surface area (Å²) >= 11 is 0. The minimum atomic E-state index is -0.275. The fourth-order valence-corrected chi connectivity index (χ4v) is 1.95. The van der Waals surface area contributed by atoms with Crippen LogP contribution < -0.4 is 17.0 Å². The monoisotopic (exact) mass is 285 g/mol. The van der Waals surface area contributed by atoms with Crippen LogP contribution in [0, 0.1) is 5.82 Å². The van der Waals surface area contributed by atoms with E-state index in [9.17, 15) is 9.50 Å². The van der Waals surface area contributed by atoms with E-state index in [2.05, 4.69) is 12.0 Å². The number of hydrazine groups is 1. The summed E-state index contributed by atoms with van der Waals surface area (Å²) in [5.74, 6) is 4.79. The Labute approximate surface area is 122 Å². The van der Waals surface area contributed by atoms with E-state index < -0.39 is 0 Å². The zero-order valence-electron chi connectivity index (χ0n) is 11.3. The zero-order valence-corrected chi connectivity index (χ0v) is 11.3. The second-order valence-electron chi connectivity index (χ2n) is 4.46. The van der Waals surface area contributed by atoms with E-state index in [1.54, 1.807) is 24.3 Å². The van der Waals surface area contributed by atoms with Gasteiger partial charge in [0.2, 0.25) is 0 Å². The molecule has 0 spiro atoms. The Morgan fingerprint density at radius 3 is 1.90 bits per heavy atom. The van der Waals surface area contributed by atoms with E-state index in [1.165, 1.54) is 12.1 Å². The highest BCUT2D eigenvalue weighted by Gasteiger charge is 2.08. The van der Waals surface area contributed by atoms with Crippen molar-refractivity contribution in [3.63, 3.8) is 0 Å². The fourth-order valence-electron chi connectivity index (χ4n) is 1.95. The smallest absolute Gasteiger partial charge is 0.135 e. The highest BCUT2D eigenvalue weighted by Crippen LogP contribution is 2.22. The van der Waals surface area contributed by atoms with Crippen molar-refractivity contribution in [3.05, 3.63) is 77.9 Å². The van der Waals surface area contributed by atoms with Gasteiger partial charge < -0.3 is 16.3 Å². The first-order chi connectivity index (χ1) is 10.0. The predicted molar refractivity (Wildman–Crippen MR) is 82.0 cm³/mol. The Morgan fingerprint density at radius 1 is 1.00 bits per heavy atom. The lowest BCUT2D eigenvalue weighted by Gasteiger charge is -2.11. The summed E-state index contributed by atoms with van der Waals surface area (Å²) in [5.41, 5.74) is 11.2. The van der Waals surface area contributed by atoms with E-state index in [4.69, 9.17) is 11.6 Å². The number of hydrogen-bond donors (Lipinski definition) is 4. The van der Waals surface area contributed by atoms with Gasteiger partial charge in [-0.15, -0.1) is 0 Å². The molecule has 2 aromatic carbocycles. The van der Waals surface area contributed by atoms with Crippen molar-refractivity contribution < 1.29 is 9.50 Å². The number of aliphatic hydroxyl groups excluding tert-OH is 1. The van der Waals surface area contributed by atoms with Gasteiger partial charge in [-0.3, -0.25) is 5.84 Å². The molecule has 0 aliphatic carbocycles. The maximum absolute atomic E-state index is 12.9. The number of nitrogens with one attached hydrogen (secondary N) is 1. The van der Waals surface area contributed by atoms with Crippen LogP contribution in [-0.4, -0.2) is 5.11 Å². The maximum Gasteiger partial charge on any atom is 0.135 e. The molecular weight excluding hydrogens is 269 g/mol. The van der Waals surface area contributed by atoms with E-state index in [0.717, 1.165) is 11.1 Å². The predicted octanol–water partition coefficient (Wildman–Crippen LogP) is 2.66. The molecule has 0 fully saturated rings. The Hall–Kier alpha value is -2.79. The van der Waals surface area contributed by atoms with Crippen LogP contribution in [0.25, 0.3) is 16.8 Å². The molecule has 0 radical (unpaired) electrons. The van der Waals surface area contributed by atoms with Gasteiger partial charge in [0, 0.05) is 0 Å². The van der Waals surface area contributed by atoms with Crippen molar-refractivity contribution in [1.82, 2.24) is 5.43 Å². The molecule has 0 bridgehead atoms. The number of aliphatic hydroxyl groups is 1. The summed E-state index contributed by atoms with van der Waals surface area (Å²) in [6.45, 7) is 3.39. The molecule has 0 aromatic heterocycles. The van der Waals surface area contributed by atoms with Crippen LogP contribution in [0.1, 0.15) is 5.56 Å². The lowest BCUT2D eigenvalue weighted by Crippen LogP contribution is -2.25. The highest BCUT2D eigenvalue weighted by atomic mass is 19.1. The van der Waals surface area contributed by atoms with Gasteiger partial charge >= 0.3 is 0 Å². The number of nitrogens with two attached hydrogens (primary N) is 2. The van der Waals surface area contributed by atoms with Crippen LogP contribution in [-0.2, 0) is 0 Å². The van der Waals surface area contributed by atoms with Gasteiger partial charge in [0.25, 0.3) is 0 Å². The molecule has 0 saturated heterocycles. The van der Waals surface area contributed by atoms with E-state index in [0.29, 0.717) is 5.56 Å². The van der Waals surface area contributed by atoms with E-state index in [-0.39, 0.29) is 23.0 Å². The van der Waals surface area contributed by atoms with Crippen molar-refractivity contribution in [2.75, 3.05) is 0 Å². The van der Waals surface area contributed by atoms with Crippen molar-refractivity contribution in [3.8, 4) is 11.1 Å². The molecule has 5 heteroatoms. The Morgan fingerprint density at radius 2 is 1.48 bits per heavy atom. The molecule has 0 amide bonds. The molecule has 0 unspecified atom stereocenters. The van der Waals surface area contributed by atoms with Crippen LogP contribution >= 0.6 is 0 Å². The van der Waals surface area contributed by atoms with Crippen molar-refractivity contribution in [2.24, 2.45) is 11.6 Å². The minimum Gasteiger partial charge on any atom is -0.506 e. The molecule has 0 aliphatic heterocycles. The first-order valence-corrected chi connectivity index (χ1v) is 6.24. The van der Waals surface area contributed by atoms with E-state index in [1.807, 2.05) is 12.1 Å². The number of hydrogen-bond acceptors (Lipinski definition) is 4. The molecule has 108 valence electrons. The van der Waals surface area contributed by atoms with Gasteiger partial charge in [-0.2, -0.15) is 0 Å². The summed E-state index contributed by atoms with van der Waals surface area (Å²) in [6, 6.07) is 13.5. The summed E-state index contributed by atoms with van der Waals surface area (Å²) in [6.07, 6.45) is 0. The molecular formula is C16H16FN3O. The van der Waals surface area contributed by atoms with Crippen LogP contribution in [0.4, 0.5) is 4.39 Å². The number of halogens is 1. The fraction of sp³-hybridized carbons (Fsp3) is 0. The average molecular weight is 285 g/mol. The summed E-state index contributed by atoms with van der Waals surface area (Å²) in [7, 11) is 0. The second-order valence-corrected chi connectivity index (χ2v) is 4.46. The Bertz CT molecular complexity index is 676. The molecule has 2 aromatic rings. The lowest BCUT2D eigenvalue weighted by atomic mass is 10.0. The summed E-state index contributed by atoms with van der Waals surface area (Å²) in [5, 5.41) is 9.39. The highest BCUT2D eigenvalue weighted by molar-refractivity contribution is 5.72. The molecule has 21 heavy (non-hydrogen) atoms. The van der Waals surface area contributed by atoms with Crippen molar-refractivity contribution in [2.45, 2.75) is 0 Å². The van der Waals surface area contributed by atoms with Gasteiger partial charge in [-0.1, -0.05) is 43.0 Å². The first kappa shape index (κ1) is 14.6. The van der Waals surface area contributed by atoms with Crippen molar-refractivity contribution in [1.29, 1.82) is 0 Å². The molecule has 0 heterocycles. The number of rotatable bonds is 4. The first-order valence-electron chi connectivity index (χ1n) is 6.24. The lowest BCUT2D eigenvalue weighted by molar-refractivity contribution is 0.418. The zero-order chi connectivity index (χ0) is 15.4. The SMILES string of the molecule is C=C(O)/C(NN)=C(/N)c1ccc(-c2ccc(F)cc2)cc1. The van der Waals surface area contributed by atoms with Crippen LogP contribution in [0.15, 0.2) is 66.6 Å². The second kappa shape index (κ2) is 6.11. The van der Waals surface area contributed by atoms with Gasteiger partial charge in [-0.05, 0) is 28.8 Å². The molecule has 0 saturated carbocycles. The summed E-state index contributed by atoms with van der Waals surface area (Å²) < 4.78 is 12.9. The van der Waals surface area contributed by atoms with Gasteiger partial charge in [0.15, 0.2) is 0 Å². The molecule has 0 aliphatic rings. The van der Waals surface area contributed by atoms with Gasteiger partial charge in [-0.25, -0.2) is 4.39 Å². The van der Waals surface area contributed by atoms with Gasteiger partial charge in [0.1, 0.15) is 17.3 Å². The quantitative estimate of drug-likeness (QED) is 0.301. The normalized spacial score (nSPS) is 11.7. The maximum atomic E-state index is 12.9.